The highest BCUT2D eigenvalue weighted by atomic mass is 16.5. The summed E-state index contributed by atoms with van der Waals surface area (Å²) >= 11 is 0. The van der Waals surface area contributed by atoms with Crippen LogP contribution in [0.1, 0.15) is 21.6 Å². The zero-order valence-electron chi connectivity index (χ0n) is 9.99. The van der Waals surface area contributed by atoms with Crippen molar-refractivity contribution in [2.24, 2.45) is 0 Å². The van der Waals surface area contributed by atoms with E-state index in [1.807, 2.05) is 6.07 Å². The molecule has 0 radical (unpaired) electrons. The molecule has 2 heterocycles. The predicted molar refractivity (Wildman–Crippen MR) is 65.0 cm³/mol. The summed E-state index contributed by atoms with van der Waals surface area (Å²) in [5.41, 5.74) is 1.08. The van der Waals surface area contributed by atoms with Gasteiger partial charge in [-0.2, -0.15) is 5.26 Å². The molecule has 6 nitrogen and oxygen atoms in total. The van der Waals surface area contributed by atoms with Gasteiger partial charge in [-0.3, -0.25) is 4.98 Å². The average molecular weight is 255 g/mol. The van der Waals surface area contributed by atoms with Crippen molar-refractivity contribution >= 4 is 5.97 Å². The van der Waals surface area contributed by atoms with Gasteiger partial charge in [0, 0.05) is 18.0 Å². The number of pyridine rings is 2. The van der Waals surface area contributed by atoms with Crippen LogP contribution in [0.15, 0.2) is 30.6 Å². The summed E-state index contributed by atoms with van der Waals surface area (Å²) in [5, 5.41) is 17.7. The van der Waals surface area contributed by atoms with Crippen molar-refractivity contribution in [3.05, 3.63) is 47.4 Å². The molecule has 6 heteroatoms. The van der Waals surface area contributed by atoms with E-state index in [1.54, 1.807) is 13.0 Å². The summed E-state index contributed by atoms with van der Waals surface area (Å²) in [6.45, 7) is 1.74. The van der Waals surface area contributed by atoms with Crippen LogP contribution < -0.4 is 4.74 Å². The van der Waals surface area contributed by atoms with E-state index in [4.69, 9.17) is 15.1 Å². The number of nitriles is 1. The van der Waals surface area contributed by atoms with Gasteiger partial charge in [-0.1, -0.05) is 0 Å². The molecule has 2 aromatic rings. The number of carboxylic acid groups (broad SMARTS) is 1. The van der Waals surface area contributed by atoms with Gasteiger partial charge in [0.05, 0.1) is 23.4 Å². The summed E-state index contributed by atoms with van der Waals surface area (Å²) in [5.74, 6) is -0.615. The molecule has 0 atom stereocenters. The van der Waals surface area contributed by atoms with Crippen molar-refractivity contribution < 1.29 is 14.6 Å². The number of hydrogen-bond donors (Lipinski definition) is 1. The fourth-order valence-electron chi connectivity index (χ4n) is 1.47. The average Bonchev–Trinajstić information content (AvgIpc) is 2.38. The Kier molecular flexibility index (Phi) is 3.39. The molecule has 19 heavy (non-hydrogen) atoms. The van der Waals surface area contributed by atoms with Gasteiger partial charge in [-0.05, 0) is 19.1 Å². The molecule has 0 spiro atoms. The maximum atomic E-state index is 10.8. The van der Waals surface area contributed by atoms with Crippen molar-refractivity contribution in [2.75, 3.05) is 0 Å². The predicted octanol–water partition coefficient (Wildman–Crippen LogP) is 2.15. The minimum Gasteiger partial charge on any atom is -0.478 e. The Labute approximate surface area is 108 Å². The molecule has 0 aliphatic heterocycles. The van der Waals surface area contributed by atoms with Crippen LogP contribution in [0.3, 0.4) is 0 Å². The van der Waals surface area contributed by atoms with E-state index < -0.39 is 5.97 Å². The second kappa shape index (κ2) is 5.14. The monoisotopic (exact) mass is 255 g/mol. The molecule has 0 saturated heterocycles. The van der Waals surface area contributed by atoms with Gasteiger partial charge in [0.1, 0.15) is 5.75 Å². The van der Waals surface area contributed by atoms with E-state index in [-0.39, 0.29) is 17.2 Å². The van der Waals surface area contributed by atoms with Gasteiger partial charge >= 0.3 is 5.97 Å². The Hall–Kier alpha value is -2.94. The van der Waals surface area contributed by atoms with Gasteiger partial charge in [0.15, 0.2) is 0 Å². The Bertz CT molecular complexity index is 677. The van der Waals surface area contributed by atoms with Crippen LogP contribution in [-0.2, 0) is 0 Å². The number of carboxylic acids is 1. The summed E-state index contributed by atoms with van der Waals surface area (Å²) < 4.78 is 5.40. The number of ether oxygens (including phenoxy) is 1. The maximum Gasteiger partial charge on any atom is 0.337 e. The van der Waals surface area contributed by atoms with E-state index in [1.165, 1.54) is 24.5 Å². The van der Waals surface area contributed by atoms with Crippen LogP contribution in [0.25, 0.3) is 0 Å². The number of nitrogens with zero attached hydrogens (tertiary/aromatic N) is 3. The topological polar surface area (TPSA) is 96.1 Å². The van der Waals surface area contributed by atoms with E-state index in [9.17, 15) is 4.79 Å². The quantitative estimate of drug-likeness (QED) is 0.902. The molecule has 0 bridgehead atoms. The van der Waals surface area contributed by atoms with E-state index in [0.717, 1.165) is 0 Å². The third kappa shape index (κ3) is 3.04. The fraction of sp³-hybridized carbons (Fsp3) is 0.0769. The Morgan fingerprint density at radius 1 is 1.37 bits per heavy atom. The molecule has 0 aliphatic carbocycles. The third-order valence-corrected chi connectivity index (χ3v) is 2.24. The van der Waals surface area contributed by atoms with Crippen LogP contribution in [0.5, 0.6) is 11.6 Å². The molecule has 94 valence electrons. The maximum absolute atomic E-state index is 10.8. The number of aromatic nitrogens is 2. The molecule has 0 unspecified atom stereocenters. The first-order valence-electron chi connectivity index (χ1n) is 5.33. The molecule has 0 aromatic carbocycles. The SMILES string of the molecule is Cc1cc(C#N)cc(Oc2cncc(C(=O)O)c2)n1. The molecular formula is C13H9N3O3. The first-order chi connectivity index (χ1) is 9.08. The fourth-order valence-corrected chi connectivity index (χ4v) is 1.47. The largest absolute Gasteiger partial charge is 0.478 e. The molecule has 1 N–H and O–H groups in total. The lowest BCUT2D eigenvalue weighted by molar-refractivity contribution is 0.0696. The number of aromatic carboxylic acids is 1. The van der Waals surface area contributed by atoms with Crippen LogP contribution in [0.4, 0.5) is 0 Å². The van der Waals surface area contributed by atoms with Crippen molar-refractivity contribution in [2.45, 2.75) is 6.92 Å². The van der Waals surface area contributed by atoms with Gasteiger partial charge in [0.25, 0.3) is 0 Å². The van der Waals surface area contributed by atoms with Crippen LogP contribution in [0, 0.1) is 18.3 Å². The third-order valence-electron chi connectivity index (χ3n) is 2.24. The zero-order chi connectivity index (χ0) is 13.8. The first-order valence-corrected chi connectivity index (χ1v) is 5.33. The van der Waals surface area contributed by atoms with E-state index in [2.05, 4.69) is 9.97 Å². The summed E-state index contributed by atoms with van der Waals surface area (Å²) in [4.78, 5) is 18.7. The molecule has 0 aliphatic rings. The first kappa shape index (κ1) is 12.5. The normalized spacial score (nSPS) is 9.68. The lowest BCUT2D eigenvalue weighted by Crippen LogP contribution is -1.98. The van der Waals surface area contributed by atoms with Crippen LogP contribution in [-0.4, -0.2) is 21.0 Å². The molecule has 2 rings (SSSR count). The van der Waals surface area contributed by atoms with Gasteiger partial charge < -0.3 is 9.84 Å². The van der Waals surface area contributed by atoms with Crippen molar-refractivity contribution in [3.8, 4) is 17.7 Å². The Balaban J connectivity index is 2.31. The lowest BCUT2D eigenvalue weighted by atomic mass is 10.2. The standard InChI is InChI=1S/C13H9N3O3/c1-8-2-9(5-14)3-12(16-8)19-11-4-10(13(17)18)6-15-7-11/h2-4,6-7H,1H3,(H,17,18). The smallest absolute Gasteiger partial charge is 0.337 e. The van der Waals surface area contributed by atoms with Gasteiger partial charge in [-0.25, -0.2) is 9.78 Å². The molecule has 2 aromatic heterocycles. The zero-order valence-corrected chi connectivity index (χ0v) is 9.99. The van der Waals surface area contributed by atoms with Gasteiger partial charge in [0.2, 0.25) is 5.88 Å². The van der Waals surface area contributed by atoms with Crippen molar-refractivity contribution in [1.29, 1.82) is 5.26 Å². The summed E-state index contributed by atoms with van der Waals surface area (Å²) in [6.07, 6.45) is 2.60. The highest BCUT2D eigenvalue weighted by Gasteiger charge is 2.07. The molecule has 0 fully saturated rings. The number of rotatable bonds is 3. The van der Waals surface area contributed by atoms with Crippen LogP contribution in [0.2, 0.25) is 0 Å². The highest BCUT2D eigenvalue weighted by Crippen LogP contribution is 2.21. The number of carbonyl (C=O) groups is 1. The Morgan fingerprint density at radius 2 is 2.16 bits per heavy atom. The summed E-state index contributed by atoms with van der Waals surface area (Å²) in [6, 6.07) is 6.43. The minimum absolute atomic E-state index is 0.0191. The molecule has 0 saturated carbocycles. The summed E-state index contributed by atoms with van der Waals surface area (Å²) in [7, 11) is 0. The minimum atomic E-state index is -1.09. The molecular weight excluding hydrogens is 246 g/mol. The lowest BCUT2D eigenvalue weighted by Gasteiger charge is -2.06. The van der Waals surface area contributed by atoms with E-state index in [0.29, 0.717) is 11.3 Å². The number of aryl methyl sites for hydroxylation is 1. The second-order valence-corrected chi connectivity index (χ2v) is 3.76. The Morgan fingerprint density at radius 3 is 2.84 bits per heavy atom. The van der Waals surface area contributed by atoms with Gasteiger partial charge in [-0.15, -0.1) is 0 Å². The van der Waals surface area contributed by atoms with Crippen LogP contribution >= 0.6 is 0 Å². The van der Waals surface area contributed by atoms with Crippen molar-refractivity contribution in [3.63, 3.8) is 0 Å². The van der Waals surface area contributed by atoms with E-state index >= 15 is 0 Å². The highest BCUT2D eigenvalue weighted by molar-refractivity contribution is 5.87. The molecule has 0 amide bonds. The second-order valence-electron chi connectivity index (χ2n) is 3.76. The van der Waals surface area contributed by atoms with Crippen molar-refractivity contribution in [1.82, 2.24) is 9.97 Å². The number of hydrogen-bond acceptors (Lipinski definition) is 5.